The summed E-state index contributed by atoms with van der Waals surface area (Å²) in [6.45, 7) is 2.39. The summed E-state index contributed by atoms with van der Waals surface area (Å²) in [6.07, 6.45) is 10.0. The quantitative estimate of drug-likeness (QED) is 0.444. The lowest BCUT2D eigenvalue weighted by Crippen LogP contribution is -2.45. The molecule has 8 nitrogen and oxygen atoms in total. The van der Waals surface area contributed by atoms with Gasteiger partial charge in [0.05, 0.1) is 6.54 Å². The molecular weight excluding hydrogens is 420 g/mol. The average Bonchev–Trinajstić information content (AvgIpc) is 3.41. The van der Waals surface area contributed by atoms with E-state index in [-0.39, 0.29) is 18.2 Å². The van der Waals surface area contributed by atoms with Crippen LogP contribution in [-0.2, 0) is 34.4 Å². The van der Waals surface area contributed by atoms with Crippen molar-refractivity contribution in [2.24, 2.45) is 0 Å². The van der Waals surface area contributed by atoms with Gasteiger partial charge in [0.2, 0.25) is 17.7 Å². The molecule has 2 aliphatic rings. The van der Waals surface area contributed by atoms with E-state index in [1.54, 1.807) is 0 Å². The SMILES string of the molecule is CC(=O)NC1(c2noc(CCC(=O)NCCOc3ccc4c(c3)CCC4)n2)CCCCCC1. The Balaban J connectivity index is 1.22. The number of carbonyl (C=O) groups is 2. The normalized spacial score (nSPS) is 17.1. The first kappa shape index (κ1) is 23.3. The summed E-state index contributed by atoms with van der Waals surface area (Å²) < 4.78 is 11.2. The highest BCUT2D eigenvalue weighted by molar-refractivity contribution is 5.76. The standard InChI is InChI=1S/C25H34N4O4/c1-18(30)28-25(13-4-2-3-5-14-25)24-27-23(33-29-24)12-11-22(31)26-15-16-32-21-10-9-19-7-6-8-20(19)17-21/h9-10,17H,2-8,11-16H2,1H3,(H,26,31)(H,28,30). The Morgan fingerprint density at radius 1 is 1.09 bits per heavy atom. The molecule has 1 aromatic heterocycles. The van der Waals surface area contributed by atoms with Crippen molar-refractivity contribution in [2.45, 2.75) is 83.1 Å². The molecule has 33 heavy (non-hydrogen) atoms. The number of fused-ring (bicyclic) bond motifs is 1. The minimum absolute atomic E-state index is 0.0849. The minimum Gasteiger partial charge on any atom is -0.492 e. The second-order valence-corrected chi connectivity index (χ2v) is 9.17. The zero-order valence-corrected chi connectivity index (χ0v) is 19.5. The molecular formula is C25H34N4O4. The molecule has 0 radical (unpaired) electrons. The van der Waals surface area contributed by atoms with Crippen molar-refractivity contribution in [1.29, 1.82) is 0 Å². The molecule has 1 heterocycles. The Morgan fingerprint density at radius 2 is 1.88 bits per heavy atom. The van der Waals surface area contributed by atoms with Crippen LogP contribution in [0.1, 0.15) is 81.1 Å². The van der Waals surface area contributed by atoms with Gasteiger partial charge in [-0.2, -0.15) is 4.98 Å². The average molecular weight is 455 g/mol. The van der Waals surface area contributed by atoms with E-state index in [4.69, 9.17) is 9.26 Å². The number of aromatic nitrogens is 2. The smallest absolute Gasteiger partial charge is 0.227 e. The van der Waals surface area contributed by atoms with E-state index in [2.05, 4.69) is 32.9 Å². The van der Waals surface area contributed by atoms with Gasteiger partial charge in [-0.3, -0.25) is 9.59 Å². The van der Waals surface area contributed by atoms with E-state index in [0.717, 1.165) is 57.1 Å². The number of hydrogen-bond acceptors (Lipinski definition) is 6. The molecule has 4 rings (SSSR count). The maximum absolute atomic E-state index is 12.2. The molecule has 178 valence electrons. The van der Waals surface area contributed by atoms with Gasteiger partial charge in [0.25, 0.3) is 0 Å². The molecule has 2 aromatic rings. The van der Waals surface area contributed by atoms with E-state index < -0.39 is 5.54 Å². The summed E-state index contributed by atoms with van der Waals surface area (Å²) in [5.74, 6) is 1.62. The van der Waals surface area contributed by atoms with Crippen molar-refractivity contribution in [2.75, 3.05) is 13.2 Å². The molecule has 1 fully saturated rings. The lowest BCUT2D eigenvalue weighted by Gasteiger charge is -2.30. The number of carbonyl (C=O) groups excluding carboxylic acids is 2. The summed E-state index contributed by atoms with van der Waals surface area (Å²) >= 11 is 0. The Hall–Kier alpha value is -2.90. The maximum atomic E-state index is 12.2. The largest absolute Gasteiger partial charge is 0.492 e. The number of amides is 2. The highest BCUT2D eigenvalue weighted by Crippen LogP contribution is 2.34. The van der Waals surface area contributed by atoms with Crippen LogP contribution in [0.5, 0.6) is 5.75 Å². The van der Waals surface area contributed by atoms with Crippen LogP contribution in [0.3, 0.4) is 0 Å². The van der Waals surface area contributed by atoms with Crippen LogP contribution >= 0.6 is 0 Å². The third-order valence-corrected chi connectivity index (χ3v) is 6.60. The Kier molecular flexibility index (Phi) is 7.62. The number of aryl methyl sites for hydroxylation is 3. The van der Waals surface area contributed by atoms with Gasteiger partial charge in [0.15, 0.2) is 5.82 Å². The number of rotatable bonds is 9. The van der Waals surface area contributed by atoms with Crippen molar-refractivity contribution >= 4 is 11.8 Å². The first-order valence-corrected chi connectivity index (χ1v) is 12.2. The van der Waals surface area contributed by atoms with E-state index in [0.29, 0.717) is 31.3 Å². The van der Waals surface area contributed by atoms with Gasteiger partial charge in [-0.05, 0) is 55.4 Å². The molecule has 8 heteroatoms. The fourth-order valence-corrected chi connectivity index (χ4v) is 4.93. The summed E-state index contributed by atoms with van der Waals surface area (Å²) in [4.78, 5) is 28.6. The lowest BCUT2D eigenvalue weighted by molar-refractivity contribution is -0.122. The summed E-state index contributed by atoms with van der Waals surface area (Å²) in [5, 5.41) is 10.1. The van der Waals surface area contributed by atoms with E-state index in [1.165, 1.54) is 24.5 Å². The number of benzene rings is 1. The molecule has 2 amide bonds. The number of nitrogens with zero attached hydrogens (tertiary/aromatic N) is 2. The predicted molar refractivity (Wildman–Crippen MR) is 123 cm³/mol. The molecule has 0 saturated heterocycles. The molecule has 2 aliphatic carbocycles. The second kappa shape index (κ2) is 10.8. The summed E-state index contributed by atoms with van der Waals surface area (Å²) in [5.41, 5.74) is 2.22. The van der Waals surface area contributed by atoms with Gasteiger partial charge in [0.1, 0.15) is 17.9 Å². The fraction of sp³-hybridized carbons (Fsp3) is 0.600. The zero-order valence-electron chi connectivity index (χ0n) is 19.5. The van der Waals surface area contributed by atoms with Crippen LogP contribution in [0.25, 0.3) is 0 Å². The number of nitrogens with one attached hydrogen (secondary N) is 2. The van der Waals surface area contributed by atoms with Crippen molar-refractivity contribution in [1.82, 2.24) is 20.8 Å². The van der Waals surface area contributed by atoms with Crippen LogP contribution in [0.15, 0.2) is 22.7 Å². The van der Waals surface area contributed by atoms with Gasteiger partial charge in [-0.15, -0.1) is 0 Å². The van der Waals surface area contributed by atoms with Crippen LogP contribution < -0.4 is 15.4 Å². The van der Waals surface area contributed by atoms with Crippen LogP contribution in [0.2, 0.25) is 0 Å². The predicted octanol–water partition coefficient (Wildman–Crippen LogP) is 3.37. The number of hydrogen-bond donors (Lipinski definition) is 2. The fourth-order valence-electron chi connectivity index (χ4n) is 4.93. The maximum Gasteiger partial charge on any atom is 0.227 e. The third kappa shape index (κ3) is 6.12. The number of ether oxygens (including phenoxy) is 1. The molecule has 0 unspecified atom stereocenters. The Bertz CT molecular complexity index is 963. The Labute approximate surface area is 194 Å². The summed E-state index contributed by atoms with van der Waals surface area (Å²) in [7, 11) is 0. The minimum atomic E-state index is -0.568. The van der Waals surface area contributed by atoms with Crippen molar-refractivity contribution in [3.8, 4) is 5.75 Å². The zero-order chi connectivity index (χ0) is 23.1. The van der Waals surface area contributed by atoms with Gasteiger partial charge in [-0.1, -0.05) is 36.9 Å². The van der Waals surface area contributed by atoms with Crippen molar-refractivity contribution in [3.05, 3.63) is 41.0 Å². The first-order valence-electron chi connectivity index (χ1n) is 12.2. The van der Waals surface area contributed by atoms with Crippen LogP contribution in [-0.4, -0.2) is 35.1 Å². The molecule has 0 spiro atoms. The first-order chi connectivity index (χ1) is 16.0. The molecule has 0 bridgehead atoms. The third-order valence-electron chi connectivity index (χ3n) is 6.60. The molecule has 2 N–H and O–H groups in total. The molecule has 1 aromatic carbocycles. The van der Waals surface area contributed by atoms with Gasteiger partial charge in [-0.25, -0.2) is 0 Å². The Morgan fingerprint density at radius 3 is 2.67 bits per heavy atom. The molecule has 0 aliphatic heterocycles. The van der Waals surface area contributed by atoms with Gasteiger partial charge < -0.3 is 19.9 Å². The van der Waals surface area contributed by atoms with E-state index in [1.807, 2.05) is 6.07 Å². The molecule has 1 saturated carbocycles. The van der Waals surface area contributed by atoms with Crippen LogP contribution in [0.4, 0.5) is 0 Å². The monoisotopic (exact) mass is 454 g/mol. The van der Waals surface area contributed by atoms with E-state index in [9.17, 15) is 9.59 Å². The highest BCUT2D eigenvalue weighted by Gasteiger charge is 2.38. The summed E-state index contributed by atoms with van der Waals surface area (Å²) in [6, 6.07) is 6.25. The molecule has 0 atom stereocenters. The second-order valence-electron chi connectivity index (χ2n) is 9.17. The van der Waals surface area contributed by atoms with E-state index >= 15 is 0 Å². The van der Waals surface area contributed by atoms with Crippen LogP contribution in [0, 0.1) is 0 Å². The highest BCUT2D eigenvalue weighted by atomic mass is 16.5. The van der Waals surface area contributed by atoms with Gasteiger partial charge in [0, 0.05) is 19.8 Å². The van der Waals surface area contributed by atoms with Crippen molar-refractivity contribution in [3.63, 3.8) is 0 Å². The van der Waals surface area contributed by atoms with Crippen molar-refractivity contribution < 1.29 is 18.8 Å². The topological polar surface area (TPSA) is 106 Å². The lowest BCUT2D eigenvalue weighted by atomic mass is 9.89. The van der Waals surface area contributed by atoms with Gasteiger partial charge >= 0.3 is 0 Å².